The fourth-order valence-electron chi connectivity index (χ4n) is 2.69. The van der Waals surface area contributed by atoms with Crippen molar-refractivity contribution in [2.45, 2.75) is 52.5 Å². The average Bonchev–Trinajstić information content (AvgIpc) is 2.36. The van der Waals surface area contributed by atoms with Gasteiger partial charge in [0.1, 0.15) is 5.75 Å². The summed E-state index contributed by atoms with van der Waals surface area (Å²) in [5.41, 5.74) is 3.37. The van der Waals surface area contributed by atoms with Gasteiger partial charge in [0.2, 0.25) is 0 Å². The fourth-order valence-corrected chi connectivity index (χ4v) is 2.69. The number of fused-ring (bicyclic) bond motifs is 1. The van der Waals surface area contributed by atoms with Gasteiger partial charge in [0.05, 0.1) is 7.11 Å². The zero-order chi connectivity index (χ0) is 13.9. The molecular weight excluding hydrogens is 234 g/mol. The van der Waals surface area contributed by atoms with Crippen molar-refractivity contribution in [3.8, 4) is 5.75 Å². The Balaban J connectivity index is 1.90. The van der Waals surface area contributed by atoms with Crippen molar-refractivity contribution < 1.29 is 4.74 Å². The van der Waals surface area contributed by atoms with E-state index in [1.807, 2.05) is 0 Å². The van der Waals surface area contributed by atoms with Gasteiger partial charge in [-0.3, -0.25) is 0 Å². The van der Waals surface area contributed by atoms with Crippen LogP contribution in [0.1, 0.15) is 44.7 Å². The van der Waals surface area contributed by atoms with Crippen LogP contribution in [0.15, 0.2) is 18.2 Å². The molecule has 1 aliphatic rings. The second-order valence-electron chi connectivity index (χ2n) is 6.84. The largest absolute Gasteiger partial charge is 0.497 e. The Morgan fingerprint density at radius 2 is 2.05 bits per heavy atom. The van der Waals surface area contributed by atoms with E-state index in [0.29, 0.717) is 11.5 Å². The summed E-state index contributed by atoms with van der Waals surface area (Å²) in [6.45, 7) is 8.02. The number of methoxy groups -OCH3 is 1. The van der Waals surface area contributed by atoms with Crippen molar-refractivity contribution in [1.29, 1.82) is 0 Å². The van der Waals surface area contributed by atoms with Crippen molar-refractivity contribution in [3.05, 3.63) is 29.3 Å². The molecule has 0 bridgehead atoms. The summed E-state index contributed by atoms with van der Waals surface area (Å²) in [5, 5.41) is 3.72. The number of nitrogens with one attached hydrogen (secondary N) is 1. The van der Waals surface area contributed by atoms with Crippen molar-refractivity contribution >= 4 is 0 Å². The molecule has 1 aromatic carbocycles. The molecule has 106 valence electrons. The monoisotopic (exact) mass is 261 g/mol. The van der Waals surface area contributed by atoms with Crippen LogP contribution >= 0.6 is 0 Å². The summed E-state index contributed by atoms with van der Waals surface area (Å²) in [5.74, 6) is 0.981. The fraction of sp³-hybridized carbons (Fsp3) is 0.647. The van der Waals surface area contributed by atoms with Crippen LogP contribution in [0.4, 0.5) is 0 Å². The summed E-state index contributed by atoms with van der Waals surface area (Å²) in [4.78, 5) is 0. The number of hydrogen-bond donors (Lipinski definition) is 1. The Morgan fingerprint density at radius 3 is 2.74 bits per heavy atom. The van der Waals surface area contributed by atoms with Crippen molar-refractivity contribution in [3.63, 3.8) is 0 Å². The van der Waals surface area contributed by atoms with Gasteiger partial charge in [-0.25, -0.2) is 0 Å². The first-order valence-corrected chi connectivity index (χ1v) is 7.37. The molecule has 2 heteroatoms. The molecule has 0 spiro atoms. The molecule has 19 heavy (non-hydrogen) atoms. The zero-order valence-corrected chi connectivity index (χ0v) is 12.8. The van der Waals surface area contributed by atoms with E-state index in [-0.39, 0.29) is 0 Å². The first-order chi connectivity index (χ1) is 8.98. The smallest absolute Gasteiger partial charge is 0.119 e. The Bertz CT molecular complexity index is 420. The first-order valence-electron chi connectivity index (χ1n) is 7.37. The van der Waals surface area contributed by atoms with Gasteiger partial charge in [-0.05, 0) is 60.9 Å². The molecule has 0 fully saturated rings. The zero-order valence-electron chi connectivity index (χ0n) is 12.8. The summed E-state index contributed by atoms with van der Waals surface area (Å²) >= 11 is 0. The number of aryl methyl sites for hydroxylation is 1. The Morgan fingerprint density at radius 1 is 1.26 bits per heavy atom. The highest BCUT2D eigenvalue weighted by Crippen LogP contribution is 2.26. The first kappa shape index (κ1) is 14.4. The molecule has 1 atom stereocenters. The number of ether oxygens (including phenoxy) is 1. The summed E-state index contributed by atoms with van der Waals surface area (Å²) in [6, 6.07) is 7.13. The van der Waals surface area contributed by atoms with Gasteiger partial charge < -0.3 is 10.1 Å². The molecule has 2 nitrogen and oxygen atoms in total. The average molecular weight is 261 g/mol. The van der Waals surface area contributed by atoms with Gasteiger partial charge in [0.15, 0.2) is 0 Å². The Labute approximate surface area is 117 Å². The highest BCUT2D eigenvalue weighted by molar-refractivity contribution is 5.37. The van der Waals surface area contributed by atoms with Crippen LogP contribution in [-0.2, 0) is 12.8 Å². The topological polar surface area (TPSA) is 21.3 Å². The lowest BCUT2D eigenvalue weighted by atomic mass is 9.87. The van der Waals surface area contributed by atoms with E-state index in [1.165, 1.54) is 30.4 Å². The minimum absolute atomic E-state index is 0.419. The molecule has 1 aliphatic carbocycles. The van der Waals surface area contributed by atoms with Crippen LogP contribution in [0, 0.1) is 5.41 Å². The van der Waals surface area contributed by atoms with E-state index in [4.69, 9.17) is 4.74 Å². The predicted molar refractivity (Wildman–Crippen MR) is 80.9 cm³/mol. The summed E-state index contributed by atoms with van der Waals surface area (Å²) in [6.07, 6.45) is 4.81. The molecule has 1 N–H and O–H groups in total. The number of benzene rings is 1. The van der Waals surface area contributed by atoms with Crippen molar-refractivity contribution in [1.82, 2.24) is 5.32 Å². The van der Waals surface area contributed by atoms with Gasteiger partial charge in [-0.2, -0.15) is 0 Å². The minimum Gasteiger partial charge on any atom is -0.497 e. The van der Waals surface area contributed by atoms with Gasteiger partial charge in [0.25, 0.3) is 0 Å². The molecular formula is C17H27NO. The van der Waals surface area contributed by atoms with E-state index >= 15 is 0 Å². The maximum absolute atomic E-state index is 5.32. The third-order valence-electron chi connectivity index (χ3n) is 3.95. The molecule has 0 saturated carbocycles. The second-order valence-corrected chi connectivity index (χ2v) is 6.84. The molecule has 0 heterocycles. The molecule has 1 aromatic rings. The maximum Gasteiger partial charge on any atom is 0.119 e. The van der Waals surface area contributed by atoms with E-state index in [0.717, 1.165) is 18.7 Å². The highest BCUT2D eigenvalue weighted by atomic mass is 16.5. The second kappa shape index (κ2) is 5.96. The highest BCUT2D eigenvalue weighted by Gasteiger charge is 2.19. The van der Waals surface area contributed by atoms with Crippen LogP contribution in [0.25, 0.3) is 0 Å². The minimum atomic E-state index is 0.419. The Kier molecular flexibility index (Phi) is 4.51. The van der Waals surface area contributed by atoms with Gasteiger partial charge in [-0.15, -0.1) is 0 Å². The predicted octanol–water partition coefficient (Wildman–Crippen LogP) is 3.58. The van der Waals surface area contributed by atoms with Crippen LogP contribution in [0.3, 0.4) is 0 Å². The van der Waals surface area contributed by atoms with Crippen molar-refractivity contribution in [2.24, 2.45) is 5.41 Å². The SMILES string of the molecule is COc1ccc2c(c1)CC(NCCC(C)(C)C)CC2. The quantitative estimate of drug-likeness (QED) is 0.894. The third-order valence-corrected chi connectivity index (χ3v) is 3.95. The normalized spacial score (nSPS) is 19.1. The van der Waals surface area contributed by atoms with Crippen molar-refractivity contribution in [2.75, 3.05) is 13.7 Å². The molecule has 0 amide bonds. The lowest BCUT2D eigenvalue weighted by Gasteiger charge is -2.27. The number of rotatable bonds is 4. The van der Waals surface area contributed by atoms with Gasteiger partial charge >= 0.3 is 0 Å². The van der Waals surface area contributed by atoms with Crippen LogP contribution in [0.2, 0.25) is 0 Å². The Hall–Kier alpha value is -1.02. The molecule has 1 unspecified atom stereocenters. The maximum atomic E-state index is 5.32. The summed E-state index contributed by atoms with van der Waals surface area (Å²) < 4.78 is 5.32. The number of hydrogen-bond acceptors (Lipinski definition) is 2. The molecule has 0 aromatic heterocycles. The van der Waals surface area contributed by atoms with Crippen LogP contribution < -0.4 is 10.1 Å². The van der Waals surface area contributed by atoms with Crippen LogP contribution in [-0.4, -0.2) is 19.7 Å². The molecule has 0 saturated heterocycles. The standard InChI is InChI=1S/C17H27NO/c1-17(2,3)9-10-18-15-7-5-13-6-8-16(19-4)12-14(13)11-15/h6,8,12,15,18H,5,7,9-11H2,1-4H3. The lowest BCUT2D eigenvalue weighted by Crippen LogP contribution is -2.36. The summed E-state index contributed by atoms with van der Waals surface area (Å²) in [7, 11) is 1.74. The molecule has 2 rings (SSSR count). The molecule has 0 aliphatic heterocycles. The van der Waals surface area contributed by atoms with E-state index in [1.54, 1.807) is 7.11 Å². The van der Waals surface area contributed by atoms with E-state index < -0.39 is 0 Å². The molecule has 0 radical (unpaired) electrons. The van der Waals surface area contributed by atoms with Gasteiger partial charge in [-0.1, -0.05) is 26.8 Å². The van der Waals surface area contributed by atoms with Crippen LogP contribution in [0.5, 0.6) is 5.75 Å². The van der Waals surface area contributed by atoms with Gasteiger partial charge in [0, 0.05) is 6.04 Å². The van der Waals surface area contributed by atoms with E-state index in [2.05, 4.69) is 44.3 Å². The lowest BCUT2D eigenvalue weighted by molar-refractivity contribution is 0.345. The third kappa shape index (κ3) is 4.24. The van der Waals surface area contributed by atoms with E-state index in [9.17, 15) is 0 Å².